The van der Waals surface area contributed by atoms with E-state index < -0.39 is 11.7 Å². The van der Waals surface area contributed by atoms with Gasteiger partial charge in [-0.3, -0.25) is 4.79 Å². The quantitative estimate of drug-likeness (QED) is 0.725. The van der Waals surface area contributed by atoms with Crippen LogP contribution in [-0.2, 0) is 11.2 Å². The maximum absolute atomic E-state index is 11.8. The molecule has 0 aliphatic heterocycles. The Morgan fingerprint density at radius 2 is 1.83 bits per heavy atom. The van der Waals surface area contributed by atoms with Crippen LogP contribution < -0.4 is 10.1 Å². The van der Waals surface area contributed by atoms with E-state index in [4.69, 9.17) is 9.84 Å². The van der Waals surface area contributed by atoms with Gasteiger partial charge >= 0.3 is 5.97 Å². The second-order valence-electron chi connectivity index (χ2n) is 5.18. The number of phenols is 1. The van der Waals surface area contributed by atoms with E-state index in [0.717, 1.165) is 6.42 Å². The van der Waals surface area contributed by atoms with Crippen LogP contribution in [0.4, 0.5) is 5.69 Å². The van der Waals surface area contributed by atoms with Crippen LogP contribution in [0.1, 0.15) is 29.3 Å². The first-order valence-electron chi connectivity index (χ1n) is 7.57. The number of hydrogen-bond donors (Lipinski definition) is 3. The molecule has 3 N–H and O–H groups in total. The molecule has 2 aromatic rings. The molecule has 2 aromatic carbocycles. The van der Waals surface area contributed by atoms with Crippen molar-refractivity contribution in [2.75, 3.05) is 11.9 Å². The van der Waals surface area contributed by atoms with Gasteiger partial charge in [0, 0.05) is 11.8 Å². The molecule has 0 bridgehead atoms. The number of carbonyl (C=O) groups excluding carboxylic acids is 1. The van der Waals surface area contributed by atoms with Gasteiger partial charge in [-0.15, -0.1) is 0 Å². The van der Waals surface area contributed by atoms with E-state index in [0.29, 0.717) is 11.4 Å². The highest BCUT2D eigenvalue weighted by atomic mass is 16.5. The molecule has 0 atom stereocenters. The van der Waals surface area contributed by atoms with E-state index in [2.05, 4.69) is 12.2 Å². The highest BCUT2D eigenvalue weighted by Gasteiger charge is 2.11. The van der Waals surface area contributed by atoms with E-state index in [-0.39, 0.29) is 24.5 Å². The molecular weight excluding hydrogens is 310 g/mol. The molecule has 0 spiro atoms. The maximum Gasteiger partial charge on any atom is 0.339 e. The summed E-state index contributed by atoms with van der Waals surface area (Å²) in [5, 5.41) is 21.0. The predicted octanol–water partition coefficient (Wildman–Crippen LogP) is 3.06. The molecule has 0 unspecified atom stereocenters. The zero-order valence-electron chi connectivity index (χ0n) is 13.3. The number of nitrogens with one attached hydrogen (secondary N) is 1. The van der Waals surface area contributed by atoms with Crippen molar-refractivity contribution in [3.63, 3.8) is 0 Å². The summed E-state index contributed by atoms with van der Waals surface area (Å²) in [6.07, 6.45) is 1.09. The summed E-state index contributed by atoms with van der Waals surface area (Å²) in [4.78, 5) is 22.7. The molecule has 6 heteroatoms. The second kappa shape index (κ2) is 8.01. The van der Waals surface area contributed by atoms with Crippen LogP contribution in [0.15, 0.2) is 42.5 Å². The van der Waals surface area contributed by atoms with Crippen molar-refractivity contribution in [2.45, 2.75) is 19.8 Å². The maximum atomic E-state index is 11.8. The van der Waals surface area contributed by atoms with E-state index >= 15 is 0 Å². The van der Waals surface area contributed by atoms with Crippen LogP contribution in [0.2, 0.25) is 0 Å². The van der Waals surface area contributed by atoms with Gasteiger partial charge in [0.25, 0.3) is 0 Å². The zero-order valence-corrected chi connectivity index (χ0v) is 13.3. The minimum Gasteiger partial charge on any atom is -0.507 e. The van der Waals surface area contributed by atoms with Crippen molar-refractivity contribution < 1.29 is 24.5 Å². The fourth-order valence-electron chi connectivity index (χ4n) is 2.10. The number of aryl methyl sites for hydroxylation is 1. The summed E-state index contributed by atoms with van der Waals surface area (Å²) in [5.41, 5.74) is 1.33. The number of anilines is 1. The Kier molecular flexibility index (Phi) is 5.78. The summed E-state index contributed by atoms with van der Waals surface area (Å²) in [6, 6.07) is 11.5. The highest BCUT2D eigenvalue weighted by molar-refractivity contribution is 5.94. The Labute approximate surface area is 139 Å². The summed E-state index contributed by atoms with van der Waals surface area (Å²) in [7, 11) is 0. The second-order valence-corrected chi connectivity index (χ2v) is 5.18. The summed E-state index contributed by atoms with van der Waals surface area (Å²) < 4.78 is 5.50. The normalized spacial score (nSPS) is 10.2. The minimum absolute atomic E-state index is 0.136. The Morgan fingerprint density at radius 3 is 2.42 bits per heavy atom. The lowest BCUT2D eigenvalue weighted by Crippen LogP contribution is -2.15. The topological polar surface area (TPSA) is 95.9 Å². The van der Waals surface area contributed by atoms with Crippen LogP contribution in [0.5, 0.6) is 11.5 Å². The van der Waals surface area contributed by atoms with Crippen molar-refractivity contribution in [3.05, 3.63) is 53.6 Å². The molecule has 6 nitrogen and oxygen atoms in total. The molecule has 0 aromatic heterocycles. The third-order valence-electron chi connectivity index (χ3n) is 3.44. The van der Waals surface area contributed by atoms with Crippen LogP contribution in [0.3, 0.4) is 0 Å². The smallest absolute Gasteiger partial charge is 0.339 e. The third-order valence-corrected chi connectivity index (χ3v) is 3.44. The molecule has 0 aliphatic rings. The van der Waals surface area contributed by atoms with Gasteiger partial charge in [-0.25, -0.2) is 4.79 Å². The van der Waals surface area contributed by atoms with Gasteiger partial charge in [0.15, 0.2) is 0 Å². The number of ether oxygens (including phenoxy) is 1. The Balaban J connectivity index is 1.82. The standard InChI is InChI=1S/C18H19NO5/c1-2-12-3-6-14(7-4-12)24-10-9-17(21)19-13-5-8-15(18(22)23)16(20)11-13/h3-8,11,20H,2,9-10H2,1H3,(H,19,21)(H,22,23). The van der Waals surface area contributed by atoms with Gasteiger partial charge in [-0.2, -0.15) is 0 Å². The van der Waals surface area contributed by atoms with Crippen LogP contribution in [-0.4, -0.2) is 28.7 Å². The predicted molar refractivity (Wildman–Crippen MR) is 89.6 cm³/mol. The first-order valence-corrected chi connectivity index (χ1v) is 7.57. The molecule has 24 heavy (non-hydrogen) atoms. The molecule has 126 valence electrons. The zero-order chi connectivity index (χ0) is 17.5. The first-order chi connectivity index (χ1) is 11.5. The monoisotopic (exact) mass is 329 g/mol. The number of aromatic hydroxyl groups is 1. The summed E-state index contributed by atoms with van der Waals surface area (Å²) in [5.74, 6) is -1.22. The molecule has 0 heterocycles. The number of carboxylic acid groups (broad SMARTS) is 1. The summed E-state index contributed by atoms with van der Waals surface area (Å²) >= 11 is 0. The van der Waals surface area contributed by atoms with Gasteiger partial charge < -0.3 is 20.3 Å². The van der Waals surface area contributed by atoms with Crippen molar-refractivity contribution in [1.29, 1.82) is 0 Å². The highest BCUT2D eigenvalue weighted by Crippen LogP contribution is 2.22. The van der Waals surface area contributed by atoms with Crippen LogP contribution >= 0.6 is 0 Å². The number of hydrogen-bond acceptors (Lipinski definition) is 4. The minimum atomic E-state index is -1.23. The number of rotatable bonds is 7. The third kappa shape index (κ3) is 4.74. The number of amides is 1. The average molecular weight is 329 g/mol. The van der Waals surface area contributed by atoms with Gasteiger partial charge in [-0.05, 0) is 36.2 Å². The van der Waals surface area contributed by atoms with E-state index in [9.17, 15) is 14.7 Å². The SMILES string of the molecule is CCc1ccc(OCCC(=O)Nc2ccc(C(=O)O)c(O)c2)cc1. The van der Waals surface area contributed by atoms with Gasteiger partial charge in [-0.1, -0.05) is 19.1 Å². The molecule has 0 aliphatic carbocycles. The Bertz CT molecular complexity index is 725. The lowest BCUT2D eigenvalue weighted by molar-refractivity contribution is -0.116. The largest absolute Gasteiger partial charge is 0.507 e. The fraction of sp³-hybridized carbons (Fsp3) is 0.222. The van der Waals surface area contributed by atoms with Gasteiger partial charge in [0.1, 0.15) is 17.1 Å². The van der Waals surface area contributed by atoms with Crippen molar-refractivity contribution in [3.8, 4) is 11.5 Å². The van der Waals surface area contributed by atoms with E-state index in [1.54, 1.807) is 0 Å². The van der Waals surface area contributed by atoms with Crippen molar-refractivity contribution in [1.82, 2.24) is 0 Å². The number of carbonyl (C=O) groups is 2. The molecule has 2 rings (SSSR count). The van der Waals surface area contributed by atoms with Crippen molar-refractivity contribution in [2.24, 2.45) is 0 Å². The number of benzene rings is 2. The lowest BCUT2D eigenvalue weighted by Gasteiger charge is -2.09. The molecule has 1 amide bonds. The van der Waals surface area contributed by atoms with E-state index in [1.165, 1.54) is 23.8 Å². The Hall–Kier alpha value is -3.02. The molecule has 0 saturated carbocycles. The summed E-state index contributed by atoms with van der Waals surface area (Å²) in [6.45, 7) is 2.29. The van der Waals surface area contributed by atoms with Crippen LogP contribution in [0.25, 0.3) is 0 Å². The molecule has 0 saturated heterocycles. The average Bonchev–Trinajstić information content (AvgIpc) is 2.55. The Morgan fingerprint density at radius 1 is 1.12 bits per heavy atom. The van der Waals surface area contributed by atoms with E-state index in [1.807, 2.05) is 24.3 Å². The fourth-order valence-corrected chi connectivity index (χ4v) is 2.10. The van der Waals surface area contributed by atoms with Crippen molar-refractivity contribution >= 4 is 17.6 Å². The lowest BCUT2D eigenvalue weighted by atomic mass is 10.2. The molecule has 0 fully saturated rings. The molecule has 0 radical (unpaired) electrons. The number of aromatic carboxylic acids is 1. The molecular formula is C18H19NO5. The van der Waals surface area contributed by atoms with Crippen LogP contribution in [0, 0.1) is 0 Å². The first kappa shape index (κ1) is 17.3. The van der Waals surface area contributed by atoms with Gasteiger partial charge in [0.05, 0.1) is 13.0 Å². The van der Waals surface area contributed by atoms with Gasteiger partial charge in [0.2, 0.25) is 5.91 Å². The number of carboxylic acids is 1.